The Morgan fingerprint density at radius 1 is 0.556 bits per heavy atom. The van der Waals surface area contributed by atoms with Crippen molar-refractivity contribution in [2.75, 3.05) is 0 Å². The number of aromatic nitrogens is 6. The van der Waals surface area contributed by atoms with E-state index in [1.54, 1.807) is 0 Å². The van der Waals surface area contributed by atoms with Crippen molar-refractivity contribution in [3.8, 4) is 0 Å². The number of imidazole rings is 2. The lowest BCUT2D eigenvalue weighted by Crippen LogP contribution is -1.91. The largest absolute Gasteiger partial charge is 0.307 e. The minimum Gasteiger partial charge on any atom is -0.307 e. The van der Waals surface area contributed by atoms with E-state index >= 15 is 0 Å². The highest BCUT2D eigenvalue weighted by Gasteiger charge is 2.01. The molecular weight excluding hydrogens is 444 g/mol. The highest BCUT2D eigenvalue weighted by molar-refractivity contribution is 5.48. The summed E-state index contributed by atoms with van der Waals surface area (Å²) in [5.41, 5.74) is 7.26. The van der Waals surface area contributed by atoms with Crippen molar-refractivity contribution in [3.63, 3.8) is 0 Å². The highest BCUT2D eigenvalue weighted by atomic mass is 15.2. The number of fused-ring (bicyclic) bond motifs is 3. The van der Waals surface area contributed by atoms with E-state index in [9.17, 15) is 0 Å². The molecule has 6 aromatic rings. The zero-order valence-electron chi connectivity index (χ0n) is 22.1. The predicted molar refractivity (Wildman–Crippen MR) is 148 cm³/mol. The number of hydrogen-bond donors (Lipinski definition) is 0. The fraction of sp³-hybridized carbons (Fsp3) is 0.300. The molecule has 6 rings (SSSR count). The van der Waals surface area contributed by atoms with Crippen LogP contribution in [0.3, 0.4) is 0 Å². The van der Waals surface area contributed by atoms with Gasteiger partial charge >= 0.3 is 0 Å². The second-order valence-electron chi connectivity index (χ2n) is 9.93. The molecular formula is C30H36N6. The maximum absolute atomic E-state index is 4.22. The number of nitrogens with zero attached hydrogens (tertiary/aromatic N) is 6. The summed E-state index contributed by atoms with van der Waals surface area (Å²) in [6.45, 7) is 13.2. The van der Waals surface area contributed by atoms with Crippen LogP contribution in [0.1, 0.15) is 76.0 Å². The Balaban J connectivity index is 0.000000127. The van der Waals surface area contributed by atoms with Crippen molar-refractivity contribution in [2.45, 2.75) is 59.3 Å². The summed E-state index contributed by atoms with van der Waals surface area (Å²) < 4.78 is 5.95. The normalized spacial score (nSPS) is 11.2. The second kappa shape index (κ2) is 11.2. The molecule has 0 fully saturated rings. The zero-order chi connectivity index (χ0) is 25.7. The van der Waals surface area contributed by atoms with Gasteiger partial charge in [0.2, 0.25) is 0 Å². The van der Waals surface area contributed by atoms with E-state index in [0.717, 1.165) is 11.3 Å². The maximum Gasteiger partial charge on any atom is 0.136 e. The minimum atomic E-state index is 0.576. The summed E-state index contributed by atoms with van der Waals surface area (Å²) in [6, 6.07) is 14.8. The Hall–Kier alpha value is -3.93. The smallest absolute Gasteiger partial charge is 0.136 e. The summed E-state index contributed by atoms with van der Waals surface area (Å²) in [7, 11) is 0. The van der Waals surface area contributed by atoms with Gasteiger partial charge in [0.15, 0.2) is 0 Å². The Kier molecular flexibility index (Phi) is 7.84. The first-order valence-electron chi connectivity index (χ1n) is 12.6. The summed E-state index contributed by atoms with van der Waals surface area (Å²) >= 11 is 0. The Morgan fingerprint density at radius 2 is 1.19 bits per heavy atom. The lowest BCUT2D eigenvalue weighted by atomic mass is 10.1. The van der Waals surface area contributed by atoms with Crippen molar-refractivity contribution < 1.29 is 0 Å². The van der Waals surface area contributed by atoms with Crippen LogP contribution >= 0.6 is 0 Å². The summed E-state index contributed by atoms with van der Waals surface area (Å²) in [4.78, 5) is 8.41. The van der Waals surface area contributed by atoms with E-state index in [2.05, 4.69) is 110 Å². The third-order valence-electron chi connectivity index (χ3n) is 6.26. The quantitative estimate of drug-likeness (QED) is 0.266. The molecule has 0 N–H and O–H groups in total. The summed E-state index contributed by atoms with van der Waals surface area (Å²) in [5.74, 6) is 1.74. The van der Waals surface area contributed by atoms with Gasteiger partial charge in [-0.15, -0.1) is 0 Å². The average Bonchev–Trinajstić information content (AvgIpc) is 3.63. The van der Waals surface area contributed by atoms with E-state index in [-0.39, 0.29) is 0 Å². The standard InChI is InChI=1S/3C10H12N2/c1-8(2)9-4-6-12-10(7-9)3-5-11-12;1-8(2)9-3-5-12-6-4-11-10(12)7-9;1-8(2)9-3-4-10-11-5-6-12(10)7-9/h3*3-8H,1-2H3. The highest BCUT2D eigenvalue weighted by Crippen LogP contribution is 2.17. The van der Waals surface area contributed by atoms with Crippen LogP contribution < -0.4 is 0 Å². The molecule has 6 heterocycles. The Morgan fingerprint density at radius 3 is 1.92 bits per heavy atom. The van der Waals surface area contributed by atoms with Crippen LogP contribution in [0.15, 0.2) is 92.0 Å². The van der Waals surface area contributed by atoms with Crippen LogP contribution in [0, 0.1) is 0 Å². The summed E-state index contributed by atoms with van der Waals surface area (Å²) in [5, 5.41) is 4.14. The molecule has 0 atom stereocenters. The molecule has 0 aliphatic carbocycles. The lowest BCUT2D eigenvalue weighted by Gasteiger charge is -2.04. The molecule has 0 aromatic carbocycles. The first-order valence-corrected chi connectivity index (χ1v) is 12.6. The maximum atomic E-state index is 4.22. The number of pyridine rings is 3. The topological polar surface area (TPSA) is 51.9 Å². The molecule has 0 radical (unpaired) electrons. The predicted octanol–water partition coefficient (Wildman–Crippen LogP) is 7.37. The van der Waals surface area contributed by atoms with Gasteiger partial charge in [0.05, 0.1) is 5.52 Å². The van der Waals surface area contributed by atoms with Crippen LogP contribution in [0.2, 0.25) is 0 Å². The van der Waals surface area contributed by atoms with Gasteiger partial charge in [-0.2, -0.15) is 5.10 Å². The van der Waals surface area contributed by atoms with E-state index in [0.29, 0.717) is 17.8 Å². The monoisotopic (exact) mass is 480 g/mol. The molecule has 6 nitrogen and oxygen atoms in total. The average molecular weight is 481 g/mol. The SMILES string of the molecule is CC(C)c1ccc2nccn2c1.CC(C)c1ccn2ccnc2c1.CC(C)c1ccn2nccc2c1. The van der Waals surface area contributed by atoms with Crippen LogP contribution in [-0.4, -0.2) is 28.4 Å². The molecule has 0 spiro atoms. The van der Waals surface area contributed by atoms with E-state index in [4.69, 9.17) is 0 Å². The number of rotatable bonds is 3. The van der Waals surface area contributed by atoms with E-state index < -0.39 is 0 Å². The molecule has 0 aliphatic heterocycles. The van der Waals surface area contributed by atoms with Gasteiger partial charge in [0.25, 0.3) is 0 Å². The number of hydrogen-bond acceptors (Lipinski definition) is 3. The van der Waals surface area contributed by atoms with Crippen LogP contribution in [0.4, 0.5) is 0 Å². The molecule has 6 aromatic heterocycles. The third kappa shape index (κ3) is 6.00. The van der Waals surface area contributed by atoms with E-state index in [1.165, 1.54) is 22.2 Å². The van der Waals surface area contributed by atoms with Crippen molar-refractivity contribution in [3.05, 3.63) is 109 Å². The fourth-order valence-electron chi connectivity index (χ4n) is 3.86. The molecule has 186 valence electrons. The molecule has 0 saturated heterocycles. The van der Waals surface area contributed by atoms with E-state index in [1.807, 2.05) is 52.2 Å². The van der Waals surface area contributed by atoms with Gasteiger partial charge in [-0.05, 0) is 70.8 Å². The van der Waals surface area contributed by atoms with Gasteiger partial charge < -0.3 is 8.80 Å². The Bertz CT molecular complexity index is 1350. The van der Waals surface area contributed by atoms with Gasteiger partial charge in [0.1, 0.15) is 11.3 Å². The zero-order valence-corrected chi connectivity index (χ0v) is 22.1. The first kappa shape index (κ1) is 25.2. The van der Waals surface area contributed by atoms with Crippen molar-refractivity contribution in [1.29, 1.82) is 0 Å². The molecule has 6 heteroatoms. The van der Waals surface area contributed by atoms with Crippen molar-refractivity contribution in [2.24, 2.45) is 0 Å². The molecule has 0 unspecified atom stereocenters. The van der Waals surface area contributed by atoms with Crippen LogP contribution in [0.5, 0.6) is 0 Å². The van der Waals surface area contributed by atoms with Crippen molar-refractivity contribution >= 4 is 16.8 Å². The molecule has 0 bridgehead atoms. The minimum absolute atomic E-state index is 0.576. The fourth-order valence-corrected chi connectivity index (χ4v) is 3.86. The van der Waals surface area contributed by atoms with Gasteiger partial charge in [-0.3, -0.25) is 0 Å². The van der Waals surface area contributed by atoms with Gasteiger partial charge in [-0.1, -0.05) is 47.6 Å². The van der Waals surface area contributed by atoms with Crippen LogP contribution in [-0.2, 0) is 0 Å². The molecule has 0 saturated carbocycles. The van der Waals surface area contributed by atoms with Gasteiger partial charge in [0, 0.05) is 49.6 Å². The second-order valence-corrected chi connectivity index (χ2v) is 9.93. The molecule has 0 aliphatic rings. The lowest BCUT2D eigenvalue weighted by molar-refractivity contribution is 0.854. The van der Waals surface area contributed by atoms with Gasteiger partial charge in [-0.25, -0.2) is 14.5 Å². The van der Waals surface area contributed by atoms with Crippen molar-refractivity contribution in [1.82, 2.24) is 28.4 Å². The summed E-state index contributed by atoms with van der Waals surface area (Å²) in [6.07, 6.45) is 15.6. The Labute approximate surface area is 213 Å². The third-order valence-corrected chi connectivity index (χ3v) is 6.26. The van der Waals surface area contributed by atoms with Crippen LogP contribution in [0.25, 0.3) is 16.8 Å². The molecule has 36 heavy (non-hydrogen) atoms. The molecule has 0 amide bonds. The first-order chi connectivity index (χ1) is 17.3.